The van der Waals surface area contributed by atoms with Crippen LogP contribution in [0.3, 0.4) is 0 Å². The van der Waals surface area contributed by atoms with E-state index in [0.717, 1.165) is 0 Å². The molecule has 1 aromatic carbocycles. The van der Waals surface area contributed by atoms with E-state index < -0.39 is 41.3 Å². The van der Waals surface area contributed by atoms with Gasteiger partial charge in [0.25, 0.3) is 5.69 Å². The molecule has 0 saturated heterocycles. The standard InChI is InChI=1S/C17H17NO9/c1-10(19)24-9-15-14(25-11(2)20)7-8-16(26-15)27-17(21)12-3-5-13(6-4-12)18(22)23/h3-8,14-16H,9H2,1-2H3/t14-,15+,16+/m0/s1. The first-order chi connectivity index (χ1) is 12.8. The molecule has 0 spiro atoms. The summed E-state index contributed by atoms with van der Waals surface area (Å²) in [5.41, 5.74) is -0.0673. The minimum absolute atomic E-state index is 0.0937. The highest BCUT2D eigenvalue weighted by Gasteiger charge is 2.32. The van der Waals surface area contributed by atoms with Crippen LogP contribution in [0.4, 0.5) is 5.69 Å². The van der Waals surface area contributed by atoms with Crippen molar-refractivity contribution >= 4 is 23.6 Å². The van der Waals surface area contributed by atoms with Gasteiger partial charge in [-0.25, -0.2) is 4.79 Å². The molecule has 3 atom stereocenters. The topological polar surface area (TPSA) is 131 Å². The Bertz CT molecular complexity index is 756. The smallest absolute Gasteiger partial charge is 0.340 e. The highest BCUT2D eigenvalue weighted by Crippen LogP contribution is 2.20. The molecule has 1 aromatic rings. The molecule has 0 aromatic heterocycles. The second kappa shape index (κ2) is 8.90. The van der Waals surface area contributed by atoms with Gasteiger partial charge in [0.15, 0.2) is 0 Å². The molecular formula is C17H17NO9. The average Bonchev–Trinajstić information content (AvgIpc) is 2.61. The summed E-state index contributed by atoms with van der Waals surface area (Å²) in [6, 6.07) is 4.86. The largest absolute Gasteiger partial charge is 0.463 e. The van der Waals surface area contributed by atoms with Gasteiger partial charge in [-0.05, 0) is 24.3 Å². The van der Waals surface area contributed by atoms with Gasteiger partial charge < -0.3 is 18.9 Å². The number of carbonyl (C=O) groups excluding carboxylic acids is 3. The van der Waals surface area contributed by atoms with Crippen molar-refractivity contribution in [1.82, 2.24) is 0 Å². The zero-order valence-electron chi connectivity index (χ0n) is 14.5. The average molecular weight is 379 g/mol. The van der Waals surface area contributed by atoms with Crippen molar-refractivity contribution in [3.63, 3.8) is 0 Å². The molecule has 0 amide bonds. The van der Waals surface area contributed by atoms with Crippen molar-refractivity contribution in [3.05, 3.63) is 52.1 Å². The third-order valence-electron chi connectivity index (χ3n) is 3.42. The molecular weight excluding hydrogens is 362 g/mol. The zero-order valence-corrected chi connectivity index (χ0v) is 14.5. The van der Waals surface area contributed by atoms with E-state index in [1.807, 2.05) is 0 Å². The maximum absolute atomic E-state index is 12.1. The molecule has 0 fully saturated rings. The number of non-ortho nitro benzene ring substituents is 1. The highest BCUT2D eigenvalue weighted by atomic mass is 16.7. The number of rotatable bonds is 6. The van der Waals surface area contributed by atoms with Crippen molar-refractivity contribution in [3.8, 4) is 0 Å². The number of nitro benzene ring substituents is 1. The summed E-state index contributed by atoms with van der Waals surface area (Å²) in [5.74, 6) is -1.87. The summed E-state index contributed by atoms with van der Waals surface area (Å²) in [7, 11) is 0. The van der Waals surface area contributed by atoms with Crippen molar-refractivity contribution in [1.29, 1.82) is 0 Å². The van der Waals surface area contributed by atoms with Crippen LogP contribution >= 0.6 is 0 Å². The third kappa shape index (κ3) is 5.89. The lowest BCUT2D eigenvalue weighted by molar-refractivity contribution is -0.384. The molecule has 0 unspecified atom stereocenters. The number of nitro groups is 1. The van der Waals surface area contributed by atoms with E-state index in [1.165, 1.54) is 50.3 Å². The molecule has 1 heterocycles. The zero-order chi connectivity index (χ0) is 20.0. The molecule has 144 valence electrons. The highest BCUT2D eigenvalue weighted by molar-refractivity contribution is 5.89. The summed E-state index contributed by atoms with van der Waals surface area (Å²) in [5, 5.41) is 10.6. The van der Waals surface area contributed by atoms with Crippen molar-refractivity contribution in [2.24, 2.45) is 0 Å². The first-order valence-corrected chi connectivity index (χ1v) is 7.86. The van der Waals surface area contributed by atoms with Gasteiger partial charge in [-0.3, -0.25) is 19.7 Å². The summed E-state index contributed by atoms with van der Waals surface area (Å²) in [6.07, 6.45) is 0.0577. The Labute approximate surface area is 153 Å². The molecule has 2 rings (SSSR count). The number of hydrogen-bond donors (Lipinski definition) is 0. The van der Waals surface area contributed by atoms with Crippen molar-refractivity contribution < 1.29 is 38.3 Å². The maximum Gasteiger partial charge on any atom is 0.340 e. The lowest BCUT2D eigenvalue weighted by Crippen LogP contribution is -2.42. The molecule has 1 aliphatic rings. The summed E-state index contributed by atoms with van der Waals surface area (Å²) in [6.45, 7) is 2.23. The maximum atomic E-state index is 12.1. The van der Waals surface area contributed by atoms with Gasteiger partial charge in [-0.15, -0.1) is 0 Å². The second-order valence-corrected chi connectivity index (χ2v) is 5.51. The van der Waals surface area contributed by atoms with Crippen LogP contribution in [0.15, 0.2) is 36.4 Å². The van der Waals surface area contributed by atoms with E-state index in [4.69, 9.17) is 18.9 Å². The Morgan fingerprint density at radius 1 is 1.07 bits per heavy atom. The quantitative estimate of drug-likeness (QED) is 0.237. The lowest BCUT2D eigenvalue weighted by Gasteiger charge is -2.30. The van der Waals surface area contributed by atoms with E-state index in [2.05, 4.69) is 0 Å². The molecule has 0 aliphatic carbocycles. The predicted molar refractivity (Wildman–Crippen MR) is 88.5 cm³/mol. The summed E-state index contributed by atoms with van der Waals surface area (Å²) in [4.78, 5) is 44.4. The van der Waals surface area contributed by atoms with E-state index in [0.29, 0.717) is 0 Å². The molecule has 10 nitrogen and oxygen atoms in total. The van der Waals surface area contributed by atoms with E-state index in [-0.39, 0.29) is 17.9 Å². The molecule has 0 bridgehead atoms. The summed E-state index contributed by atoms with van der Waals surface area (Å²) < 4.78 is 20.6. The van der Waals surface area contributed by atoms with Crippen LogP contribution in [0.5, 0.6) is 0 Å². The fourth-order valence-electron chi connectivity index (χ4n) is 2.22. The van der Waals surface area contributed by atoms with Crippen LogP contribution in [-0.2, 0) is 28.5 Å². The van der Waals surface area contributed by atoms with Crippen molar-refractivity contribution in [2.75, 3.05) is 6.61 Å². The summed E-state index contributed by atoms with van der Waals surface area (Å²) >= 11 is 0. The first-order valence-electron chi connectivity index (χ1n) is 7.86. The number of esters is 3. The number of carbonyl (C=O) groups is 3. The minimum atomic E-state index is -1.11. The minimum Gasteiger partial charge on any atom is -0.463 e. The van der Waals surface area contributed by atoms with Gasteiger partial charge in [0.2, 0.25) is 6.29 Å². The van der Waals surface area contributed by atoms with Gasteiger partial charge in [0, 0.05) is 26.0 Å². The van der Waals surface area contributed by atoms with Gasteiger partial charge in [0.1, 0.15) is 18.8 Å². The number of hydrogen-bond acceptors (Lipinski definition) is 9. The monoisotopic (exact) mass is 379 g/mol. The normalized spacial score (nSPS) is 21.2. The molecule has 0 saturated carbocycles. The van der Waals surface area contributed by atoms with E-state index in [9.17, 15) is 24.5 Å². The Kier molecular flexibility index (Phi) is 6.61. The Hall–Kier alpha value is -3.27. The SMILES string of the molecule is CC(=O)OC[C@H]1O[C@H](OC(=O)c2ccc([N+](=O)[O-])cc2)C=C[C@@H]1OC(C)=O. The Balaban J connectivity index is 2.04. The van der Waals surface area contributed by atoms with Crippen molar-refractivity contribution in [2.45, 2.75) is 32.3 Å². The van der Waals surface area contributed by atoms with Gasteiger partial charge in [-0.2, -0.15) is 0 Å². The van der Waals surface area contributed by atoms with E-state index in [1.54, 1.807) is 0 Å². The van der Waals surface area contributed by atoms with Crippen LogP contribution in [0.25, 0.3) is 0 Å². The van der Waals surface area contributed by atoms with Crippen LogP contribution in [0, 0.1) is 10.1 Å². The molecule has 27 heavy (non-hydrogen) atoms. The number of nitrogens with zero attached hydrogens (tertiary/aromatic N) is 1. The van der Waals surface area contributed by atoms with Gasteiger partial charge >= 0.3 is 17.9 Å². The van der Waals surface area contributed by atoms with Crippen LogP contribution < -0.4 is 0 Å². The van der Waals surface area contributed by atoms with E-state index >= 15 is 0 Å². The van der Waals surface area contributed by atoms with Crippen LogP contribution in [-0.4, -0.2) is 47.9 Å². The van der Waals surface area contributed by atoms with Gasteiger partial charge in [-0.1, -0.05) is 0 Å². The molecule has 0 N–H and O–H groups in total. The Morgan fingerprint density at radius 2 is 1.74 bits per heavy atom. The fraction of sp³-hybridized carbons (Fsp3) is 0.353. The van der Waals surface area contributed by atoms with Crippen LogP contribution in [0.2, 0.25) is 0 Å². The Morgan fingerprint density at radius 3 is 2.30 bits per heavy atom. The predicted octanol–water partition coefficient (Wildman–Crippen LogP) is 1.53. The number of ether oxygens (including phenoxy) is 4. The molecule has 10 heteroatoms. The van der Waals surface area contributed by atoms with Gasteiger partial charge in [0.05, 0.1) is 10.5 Å². The first kappa shape index (κ1) is 20.0. The number of benzene rings is 1. The van der Waals surface area contributed by atoms with Crippen LogP contribution in [0.1, 0.15) is 24.2 Å². The third-order valence-corrected chi connectivity index (χ3v) is 3.42. The second-order valence-electron chi connectivity index (χ2n) is 5.51. The lowest BCUT2D eigenvalue weighted by atomic mass is 10.1. The molecule has 1 aliphatic heterocycles. The molecule has 0 radical (unpaired) electrons. The fourth-order valence-corrected chi connectivity index (χ4v) is 2.22.